The van der Waals surface area contributed by atoms with E-state index in [1.807, 2.05) is 24.3 Å². The topological polar surface area (TPSA) is 127 Å². The number of nitrogens with one attached hydrogen (secondary N) is 2. The van der Waals surface area contributed by atoms with E-state index in [0.717, 1.165) is 10.9 Å². The number of hydrogen-bond acceptors (Lipinski definition) is 4. The number of rotatable bonds is 5. The van der Waals surface area contributed by atoms with Gasteiger partial charge in [0.25, 0.3) is 11.5 Å². The molecule has 0 spiro atoms. The third-order valence-electron chi connectivity index (χ3n) is 3.38. The second-order valence-electron chi connectivity index (χ2n) is 4.93. The average molecular weight is 311 g/mol. The molecule has 0 unspecified atom stereocenters. The molecule has 1 aromatic carbocycles. The fourth-order valence-corrected chi connectivity index (χ4v) is 2.33. The van der Waals surface area contributed by atoms with Crippen molar-refractivity contribution in [3.63, 3.8) is 0 Å². The number of nitrogens with two attached hydrogens (primary N) is 2. The summed E-state index contributed by atoms with van der Waals surface area (Å²) in [6.07, 6.45) is 0. The molecule has 117 valence electrons. The van der Waals surface area contributed by atoms with Crippen molar-refractivity contribution >= 4 is 16.8 Å². The second kappa shape index (κ2) is 5.98. The summed E-state index contributed by atoms with van der Waals surface area (Å²) in [5, 5.41) is 0.842. The van der Waals surface area contributed by atoms with Crippen molar-refractivity contribution in [3.8, 4) is 17.0 Å². The highest BCUT2D eigenvalue weighted by Crippen LogP contribution is 2.29. The molecule has 23 heavy (non-hydrogen) atoms. The van der Waals surface area contributed by atoms with Crippen LogP contribution in [0.25, 0.3) is 22.2 Å². The fourth-order valence-electron chi connectivity index (χ4n) is 2.33. The maximum absolute atomic E-state index is 12.1. The number of benzene rings is 1. The van der Waals surface area contributed by atoms with Gasteiger partial charge in [0.1, 0.15) is 18.1 Å². The van der Waals surface area contributed by atoms with E-state index in [1.165, 1.54) is 6.07 Å². The zero-order chi connectivity index (χ0) is 16.4. The van der Waals surface area contributed by atoms with E-state index in [0.29, 0.717) is 30.2 Å². The average Bonchev–Trinajstić information content (AvgIpc) is 2.96. The number of H-pyrrole nitrogens is 2. The third kappa shape index (κ3) is 2.82. The van der Waals surface area contributed by atoms with E-state index in [2.05, 4.69) is 16.0 Å². The van der Waals surface area contributed by atoms with Crippen LogP contribution in [0.3, 0.4) is 0 Å². The number of pyridine rings is 1. The van der Waals surface area contributed by atoms with Crippen LogP contribution in [0.4, 0.5) is 0 Å². The van der Waals surface area contributed by atoms with Crippen molar-refractivity contribution in [2.24, 2.45) is 11.5 Å². The van der Waals surface area contributed by atoms with Gasteiger partial charge in [0.15, 0.2) is 0 Å². The summed E-state index contributed by atoms with van der Waals surface area (Å²) in [4.78, 5) is 28.8. The number of aromatic nitrogens is 2. The highest BCUT2D eigenvalue weighted by atomic mass is 16.5. The largest absolute Gasteiger partial charge is 0.492 e. The van der Waals surface area contributed by atoms with Gasteiger partial charge in [0.05, 0.1) is 11.3 Å². The normalized spacial score (nSPS) is 10.8. The first-order valence-electron chi connectivity index (χ1n) is 7.00. The van der Waals surface area contributed by atoms with E-state index in [9.17, 15) is 9.59 Å². The summed E-state index contributed by atoms with van der Waals surface area (Å²) in [5.41, 5.74) is 11.9. The lowest BCUT2D eigenvalue weighted by atomic mass is 10.1. The third-order valence-corrected chi connectivity index (χ3v) is 3.38. The van der Waals surface area contributed by atoms with Gasteiger partial charge in [-0.15, -0.1) is 0 Å². The Hall–Kier alpha value is -3.06. The lowest BCUT2D eigenvalue weighted by Gasteiger charge is -2.04. The standard InChI is InChI=1S/C16H15N4O3/c17-6-7-23-14-3-1-2-11-10(14)8-13(19-11)9-4-5-12(15(18)21)20-16(9)22/h1-4,8,19H,6-7,17H2,(H2,18,21)(H,20,22). The van der Waals surface area contributed by atoms with Crippen LogP contribution in [0.15, 0.2) is 35.1 Å². The number of hydrogen-bond donors (Lipinski definition) is 4. The minimum absolute atomic E-state index is 0.0539. The molecule has 2 aromatic heterocycles. The summed E-state index contributed by atoms with van der Waals surface area (Å²) >= 11 is 0. The van der Waals surface area contributed by atoms with Gasteiger partial charge < -0.3 is 26.2 Å². The molecule has 1 amide bonds. The lowest BCUT2D eigenvalue weighted by Crippen LogP contribution is -2.19. The monoisotopic (exact) mass is 311 g/mol. The molecule has 0 aliphatic carbocycles. The van der Waals surface area contributed by atoms with E-state index in [1.54, 1.807) is 0 Å². The molecule has 0 saturated heterocycles. The molecule has 2 heterocycles. The fraction of sp³-hybridized carbons (Fsp3) is 0.125. The van der Waals surface area contributed by atoms with E-state index >= 15 is 0 Å². The van der Waals surface area contributed by atoms with Crippen LogP contribution in [0, 0.1) is 6.07 Å². The second-order valence-corrected chi connectivity index (χ2v) is 4.93. The van der Waals surface area contributed by atoms with Gasteiger partial charge in [-0.3, -0.25) is 9.59 Å². The van der Waals surface area contributed by atoms with E-state index in [-0.39, 0.29) is 5.69 Å². The zero-order valence-corrected chi connectivity index (χ0v) is 12.2. The Kier molecular flexibility index (Phi) is 3.86. The summed E-state index contributed by atoms with van der Waals surface area (Å²) in [5.74, 6) is -0.0487. The minimum atomic E-state index is -0.734. The predicted molar refractivity (Wildman–Crippen MR) is 86.3 cm³/mol. The Bertz CT molecular complexity index is 926. The van der Waals surface area contributed by atoms with Gasteiger partial charge in [0.2, 0.25) is 0 Å². The SMILES string of the molecule is NCCOc1cccc2[nH]c(-c3c[c]c(C(N)=O)[nH]c3=O)cc12. The molecule has 0 aliphatic heterocycles. The van der Waals surface area contributed by atoms with Crippen molar-refractivity contribution in [3.05, 3.63) is 52.4 Å². The van der Waals surface area contributed by atoms with Crippen LogP contribution in [0.2, 0.25) is 0 Å². The molecule has 0 fully saturated rings. The van der Waals surface area contributed by atoms with Crippen LogP contribution in [0.1, 0.15) is 10.5 Å². The first-order chi connectivity index (χ1) is 11.1. The molecule has 0 aliphatic rings. The first kappa shape index (κ1) is 14.9. The number of ether oxygens (including phenoxy) is 1. The van der Waals surface area contributed by atoms with Gasteiger partial charge in [0, 0.05) is 23.5 Å². The molecule has 3 rings (SSSR count). The summed E-state index contributed by atoms with van der Waals surface area (Å²) in [7, 11) is 0. The highest BCUT2D eigenvalue weighted by molar-refractivity contribution is 5.92. The zero-order valence-electron chi connectivity index (χ0n) is 12.2. The Labute approximate surface area is 131 Å². The van der Waals surface area contributed by atoms with Gasteiger partial charge in [-0.25, -0.2) is 0 Å². The molecule has 0 saturated carbocycles. The Morgan fingerprint density at radius 3 is 2.83 bits per heavy atom. The number of amides is 1. The summed E-state index contributed by atoms with van der Waals surface area (Å²) in [6, 6.07) is 11.5. The van der Waals surface area contributed by atoms with Gasteiger partial charge >= 0.3 is 0 Å². The number of aromatic amines is 2. The Morgan fingerprint density at radius 1 is 1.30 bits per heavy atom. The number of carbonyl (C=O) groups excluding carboxylic acids is 1. The molecule has 7 heteroatoms. The summed E-state index contributed by atoms with van der Waals surface area (Å²) in [6.45, 7) is 0.818. The smallest absolute Gasteiger partial charge is 0.265 e. The highest BCUT2D eigenvalue weighted by Gasteiger charge is 2.12. The number of fused-ring (bicyclic) bond motifs is 1. The van der Waals surface area contributed by atoms with Crippen molar-refractivity contribution in [2.45, 2.75) is 0 Å². The van der Waals surface area contributed by atoms with Crippen molar-refractivity contribution in [2.75, 3.05) is 13.2 Å². The van der Waals surface area contributed by atoms with Crippen molar-refractivity contribution < 1.29 is 9.53 Å². The maximum Gasteiger partial charge on any atom is 0.265 e. The van der Waals surface area contributed by atoms with Gasteiger partial charge in [-0.1, -0.05) is 6.07 Å². The molecule has 6 N–H and O–H groups in total. The van der Waals surface area contributed by atoms with Gasteiger partial charge in [-0.2, -0.15) is 0 Å². The molecule has 0 atom stereocenters. The first-order valence-corrected chi connectivity index (χ1v) is 7.00. The minimum Gasteiger partial charge on any atom is -0.492 e. The maximum atomic E-state index is 12.1. The quantitative estimate of drug-likeness (QED) is 0.554. The summed E-state index contributed by atoms with van der Waals surface area (Å²) < 4.78 is 5.60. The van der Waals surface area contributed by atoms with Crippen molar-refractivity contribution in [1.29, 1.82) is 0 Å². The number of carbonyl (C=O) groups is 1. The molecule has 0 bridgehead atoms. The molecule has 3 aromatic rings. The van der Waals surface area contributed by atoms with Gasteiger partial charge in [-0.05, 0) is 24.3 Å². The molecular formula is C16H15N4O3. The Balaban J connectivity index is 2.07. The Morgan fingerprint density at radius 2 is 2.13 bits per heavy atom. The molecular weight excluding hydrogens is 296 g/mol. The van der Waals surface area contributed by atoms with Crippen molar-refractivity contribution in [1.82, 2.24) is 9.97 Å². The van der Waals surface area contributed by atoms with Crippen LogP contribution >= 0.6 is 0 Å². The van der Waals surface area contributed by atoms with Crippen LogP contribution in [-0.4, -0.2) is 29.0 Å². The molecule has 7 nitrogen and oxygen atoms in total. The lowest BCUT2D eigenvalue weighted by molar-refractivity contribution is 0.0995. The van der Waals surface area contributed by atoms with Crippen LogP contribution < -0.4 is 21.8 Å². The molecule has 1 radical (unpaired) electrons. The van der Waals surface area contributed by atoms with Crippen LogP contribution in [0.5, 0.6) is 5.75 Å². The number of primary amides is 1. The predicted octanol–water partition coefficient (Wildman–Crippen LogP) is 0.760. The van der Waals surface area contributed by atoms with E-state index < -0.39 is 11.5 Å². The van der Waals surface area contributed by atoms with Crippen LogP contribution in [-0.2, 0) is 0 Å². The van der Waals surface area contributed by atoms with E-state index in [4.69, 9.17) is 16.2 Å².